The number of benzene rings is 1. The molecule has 1 N–H and O–H groups in total. The minimum absolute atomic E-state index is 0.00689. The number of esters is 2. The van der Waals surface area contributed by atoms with Crippen molar-refractivity contribution in [2.45, 2.75) is 12.8 Å². The number of carboxylic acid groups (broad SMARTS) is 1. The van der Waals surface area contributed by atoms with Gasteiger partial charge in [-0.1, -0.05) is 18.7 Å². The summed E-state index contributed by atoms with van der Waals surface area (Å²) in [4.78, 5) is 33.3. The molecule has 0 saturated carbocycles. The van der Waals surface area contributed by atoms with E-state index in [0.29, 0.717) is 6.42 Å². The van der Waals surface area contributed by atoms with E-state index >= 15 is 0 Å². The van der Waals surface area contributed by atoms with Crippen molar-refractivity contribution in [2.24, 2.45) is 0 Å². The fourth-order valence-electron chi connectivity index (χ4n) is 1.68. The van der Waals surface area contributed by atoms with E-state index in [1.54, 1.807) is 37.5 Å². The van der Waals surface area contributed by atoms with Crippen LogP contribution in [0.2, 0.25) is 0 Å². The lowest BCUT2D eigenvalue weighted by Gasteiger charge is -2.05. The van der Waals surface area contributed by atoms with Crippen LogP contribution in [-0.4, -0.2) is 43.3 Å². The van der Waals surface area contributed by atoms with Gasteiger partial charge >= 0.3 is 17.9 Å². The Labute approximate surface area is 145 Å². The average molecular weight is 348 g/mol. The third-order valence-electron chi connectivity index (χ3n) is 2.95. The molecule has 25 heavy (non-hydrogen) atoms. The Morgan fingerprint density at radius 3 is 2.36 bits per heavy atom. The number of methoxy groups -OCH3 is 1. The highest BCUT2D eigenvalue weighted by Gasteiger charge is 2.11. The van der Waals surface area contributed by atoms with Crippen LogP contribution < -0.4 is 4.74 Å². The van der Waals surface area contributed by atoms with E-state index < -0.39 is 24.3 Å². The molecule has 0 atom stereocenters. The maximum Gasteiger partial charge on any atom is 0.333 e. The highest BCUT2D eigenvalue weighted by Crippen LogP contribution is 2.12. The number of carbonyl (C=O) groups is 3. The Bertz CT molecular complexity index is 644. The standard InChI is InChI=1S/C18H20O7/c1-13(12-16(19)20)18(22)25-11-3-10-24-17(21)9-6-14-4-7-15(23-2)8-5-14/h4-9H,1,3,10-12H2,2H3,(H,19,20)/b9-6+. The summed E-state index contributed by atoms with van der Waals surface area (Å²) >= 11 is 0. The lowest BCUT2D eigenvalue weighted by atomic mass is 10.2. The summed E-state index contributed by atoms with van der Waals surface area (Å²) < 4.78 is 14.8. The Hall–Kier alpha value is -3.09. The van der Waals surface area contributed by atoms with Crippen LogP contribution in [-0.2, 0) is 23.9 Å². The van der Waals surface area contributed by atoms with Crippen molar-refractivity contribution in [2.75, 3.05) is 20.3 Å². The summed E-state index contributed by atoms with van der Waals surface area (Å²) in [7, 11) is 1.57. The summed E-state index contributed by atoms with van der Waals surface area (Å²) in [6.45, 7) is 3.41. The van der Waals surface area contributed by atoms with Crippen molar-refractivity contribution in [1.82, 2.24) is 0 Å². The first-order chi connectivity index (χ1) is 11.9. The highest BCUT2D eigenvalue weighted by molar-refractivity contribution is 5.92. The molecule has 0 aliphatic carbocycles. The van der Waals surface area contributed by atoms with E-state index in [4.69, 9.17) is 19.3 Å². The van der Waals surface area contributed by atoms with Crippen LogP contribution in [0.25, 0.3) is 6.08 Å². The van der Waals surface area contributed by atoms with Gasteiger partial charge in [0, 0.05) is 18.1 Å². The van der Waals surface area contributed by atoms with Crippen LogP contribution in [0.5, 0.6) is 5.75 Å². The normalized spacial score (nSPS) is 10.3. The number of hydrogen-bond donors (Lipinski definition) is 1. The van der Waals surface area contributed by atoms with Crippen molar-refractivity contribution < 1.29 is 33.7 Å². The zero-order valence-electron chi connectivity index (χ0n) is 13.9. The number of ether oxygens (including phenoxy) is 3. The topological polar surface area (TPSA) is 99.1 Å². The van der Waals surface area contributed by atoms with Crippen LogP contribution >= 0.6 is 0 Å². The van der Waals surface area contributed by atoms with Gasteiger partial charge < -0.3 is 19.3 Å². The summed E-state index contributed by atoms with van der Waals surface area (Å²) in [6.07, 6.45) is 2.73. The van der Waals surface area contributed by atoms with E-state index in [-0.39, 0.29) is 18.8 Å². The largest absolute Gasteiger partial charge is 0.497 e. The van der Waals surface area contributed by atoms with Crippen molar-refractivity contribution in [3.63, 3.8) is 0 Å². The SMILES string of the molecule is C=C(CC(=O)O)C(=O)OCCCOC(=O)/C=C/c1ccc(OC)cc1. The van der Waals surface area contributed by atoms with Crippen LogP contribution in [0.1, 0.15) is 18.4 Å². The van der Waals surface area contributed by atoms with Crippen molar-refractivity contribution >= 4 is 24.0 Å². The second-order valence-electron chi connectivity index (χ2n) is 4.94. The van der Waals surface area contributed by atoms with Gasteiger partial charge in [0.2, 0.25) is 0 Å². The van der Waals surface area contributed by atoms with Gasteiger partial charge in [-0.3, -0.25) is 4.79 Å². The fraction of sp³-hybridized carbons (Fsp3) is 0.278. The molecule has 7 heteroatoms. The van der Waals surface area contributed by atoms with Gasteiger partial charge in [-0.2, -0.15) is 0 Å². The van der Waals surface area contributed by atoms with Gasteiger partial charge in [-0.05, 0) is 23.8 Å². The van der Waals surface area contributed by atoms with E-state index in [9.17, 15) is 14.4 Å². The second kappa shape index (κ2) is 10.6. The number of hydrogen-bond acceptors (Lipinski definition) is 6. The van der Waals surface area contributed by atoms with Crippen LogP contribution in [0.15, 0.2) is 42.5 Å². The fourth-order valence-corrected chi connectivity index (χ4v) is 1.68. The van der Waals surface area contributed by atoms with E-state index in [0.717, 1.165) is 11.3 Å². The molecule has 1 aromatic carbocycles. The first-order valence-electron chi connectivity index (χ1n) is 7.48. The molecule has 0 aliphatic heterocycles. The van der Waals surface area contributed by atoms with Gasteiger partial charge in [-0.15, -0.1) is 0 Å². The molecule has 1 aromatic rings. The van der Waals surface area contributed by atoms with Crippen molar-refractivity contribution in [3.05, 3.63) is 48.1 Å². The monoisotopic (exact) mass is 348 g/mol. The zero-order chi connectivity index (χ0) is 18.7. The maximum absolute atomic E-state index is 11.5. The first-order valence-corrected chi connectivity index (χ1v) is 7.48. The maximum atomic E-state index is 11.5. The van der Waals surface area contributed by atoms with Crippen LogP contribution in [0, 0.1) is 0 Å². The molecule has 0 heterocycles. The van der Waals surface area contributed by atoms with Gasteiger partial charge in [0.05, 0.1) is 26.7 Å². The lowest BCUT2D eigenvalue weighted by molar-refractivity contribution is -0.143. The van der Waals surface area contributed by atoms with Crippen LogP contribution in [0.4, 0.5) is 0 Å². The molecular formula is C18H20O7. The Morgan fingerprint density at radius 2 is 1.76 bits per heavy atom. The number of rotatable bonds is 10. The smallest absolute Gasteiger partial charge is 0.333 e. The van der Waals surface area contributed by atoms with Crippen LogP contribution in [0.3, 0.4) is 0 Å². The molecule has 0 fully saturated rings. The first kappa shape index (κ1) is 20.0. The lowest BCUT2D eigenvalue weighted by Crippen LogP contribution is -2.13. The number of carbonyl (C=O) groups excluding carboxylic acids is 2. The van der Waals surface area contributed by atoms with Crippen molar-refractivity contribution in [1.29, 1.82) is 0 Å². The Balaban J connectivity index is 2.21. The number of aliphatic carboxylic acids is 1. The predicted octanol–water partition coefficient (Wildman–Crippen LogP) is 2.22. The van der Waals surface area contributed by atoms with Gasteiger partial charge in [0.15, 0.2) is 0 Å². The Morgan fingerprint density at radius 1 is 1.12 bits per heavy atom. The molecule has 134 valence electrons. The predicted molar refractivity (Wildman–Crippen MR) is 90.0 cm³/mol. The molecule has 0 bridgehead atoms. The summed E-state index contributed by atoms with van der Waals surface area (Å²) in [6, 6.07) is 7.15. The molecule has 0 aliphatic rings. The summed E-state index contributed by atoms with van der Waals surface area (Å²) in [5, 5.41) is 8.52. The molecular weight excluding hydrogens is 328 g/mol. The minimum Gasteiger partial charge on any atom is -0.497 e. The molecule has 0 amide bonds. The third kappa shape index (κ3) is 8.36. The summed E-state index contributed by atoms with van der Waals surface area (Å²) in [5.41, 5.74) is 0.690. The molecule has 0 radical (unpaired) electrons. The van der Waals surface area contributed by atoms with E-state index in [1.807, 2.05) is 0 Å². The molecule has 0 unspecified atom stereocenters. The van der Waals surface area contributed by atoms with Gasteiger partial charge in [-0.25, -0.2) is 9.59 Å². The molecule has 0 saturated heterocycles. The minimum atomic E-state index is -1.15. The zero-order valence-corrected chi connectivity index (χ0v) is 13.9. The quantitative estimate of drug-likeness (QED) is 0.393. The molecule has 0 spiro atoms. The van der Waals surface area contributed by atoms with Gasteiger partial charge in [0.1, 0.15) is 5.75 Å². The molecule has 7 nitrogen and oxygen atoms in total. The molecule has 1 rings (SSSR count). The van der Waals surface area contributed by atoms with E-state index in [1.165, 1.54) is 6.08 Å². The average Bonchev–Trinajstić information content (AvgIpc) is 2.59. The van der Waals surface area contributed by atoms with Crippen molar-refractivity contribution in [3.8, 4) is 5.75 Å². The van der Waals surface area contributed by atoms with E-state index in [2.05, 4.69) is 6.58 Å². The molecule has 0 aromatic heterocycles. The Kier molecular flexibility index (Phi) is 8.49. The van der Waals surface area contributed by atoms with Gasteiger partial charge in [0.25, 0.3) is 0 Å². The summed E-state index contributed by atoms with van der Waals surface area (Å²) in [5.74, 6) is -1.72. The second-order valence-corrected chi connectivity index (χ2v) is 4.94. The number of carboxylic acids is 1. The highest BCUT2D eigenvalue weighted by atomic mass is 16.5. The third-order valence-corrected chi connectivity index (χ3v) is 2.95.